The number of para-hydroxylation sites is 1. The van der Waals surface area contributed by atoms with E-state index in [1.807, 2.05) is 17.6 Å². The lowest BCUT2D eigenvalue weighted by atomic mass is 10.2. The molecule has 0 unspecified atom stereocenters. The fraction of sp³-hybridized carbons (Fsp3) is 0.467. The van der Waals surface area contributed by atoms with E-state index in [1.165, 1.54) is 6.07 Å². The van der Waals surface area contributed by atoms with E-state index in [1.54, 1.807) is 6.07 Å². The zero-order valence-corrected chi connectivity index (χ0v) is 12.5. The number of nitrogens with zero attached hydrogens (tertiary/aromatic N) is 3. The number of carbonyl (C=O) groups excluding carboxylic acids is 1. The Balaban J connectivity index is 1.87. The Labute approximate surface area is 127 Å². The number of ether oxygens (including phenoxy) is 1. The molecule has 0 saturated carbocycles. The van der Waals surface area contributed by atoms with Crippen LogP contribution in [0.5, 0.6) is 0 Å². The van der Waals surface area contributed by atoms with E-state index in [4.69, 9.17) is 10.5 Å². The van der Waals surface area contributed by atoms with Gasteiger partial charge in [-0.2, -0.15) is 0 Å². The number of primary amides is 1. The lowest BCUT2D eigenvalue weighted by molar-refractivity contribution is -0.135. The van der Waals surface area contributed by atoms with Gasteiger partial charge in [-0.3, -0.25) is 9.69 Å². The third kappa shape index (κ3) is 2.69. The fourth-order valence-corrected chi connectivity index (χ4v) is 2.85. The number of rotatable bonds is 4. The summed E-state index contributed by atoms with van der Waals surface area (Å²) in [6.07, 6.45) is -0.593. The molecule has 1 aromatic heterocycles. The third-order valence-corrected chi connectivity index (χ3v) is 3.96. The Morgan fingerprint density at radius 2 is 2.36 bits per heavy atom. The lowest BCUT2D eigenvalue weighted by Crippen LogP contribution is -2.48. The van der Waals surface area contributed by atoms with Gasteiger partial charge in [0.15, 0.2) is 5.82 Å². The molecule has 0 bridgehead atoms. The van der Waals surface area contributed by atoms with Crippen LogP contribution in [-0.2, 0) is 22.6 Å². The molecule has 1 aliphatic heterocycles. The van der Waals surface area contributed by atoms with Crippen molar-refractivity contribution in [3.05, 3.63) is 29.8 Å². The molecule has 0 spiro atoms. The zero-order chi connectivity index (χ0) is 15.7. The highest BCUT2D eigenvalue weighted by atomic mass is 19.1. The van der Waals surface area contributed by atoms with Gasteiger partial charge in [0.1, 0.15) is 17.4 Å². The quantitative estimate of drug-likeness (QED) is 0.910. The lowest BCUT2D eigenvalue weighted by Gasteiger charge is -2.31. The third-order valence-electron chi connectivity index (χ3n) is 3.96. The number of hydrogen-bond acceptors (Lipinski definition) is 4. The topological polar surface area (TPSA) is 73.4 Å². The summed E-state index contributed by atoms with van der Waals surface area (Å²) in [6.45, 7) is 4.83. The smallest absolute Gasteiger partial charge is 0.247 e. The molecule has 118 valence electrons. The highest BCUT2D eigenvalue weighted by Crippen LogP contribution is 2.20. The van der Waals surface area contributed by atoms with Gasteiger partial charge in [-0.25, -0.2) is 9.37 Å². The number of nitrogens with two attached hydrogens (primary N) is 1. The van der Waals surface area contributed by atoms with Gasteiger partial charge in [-0.15, -0.1) is 0 Å². The second-order valence-electron chi connectivity index (χ2n) is 5.38. The summed E-state index contributed by atoms with van der Waals surface area (Å²) in [5.74, 6) is 0.00963. The van der Waals surface area contributed by atoms with Crippen LogP contribution in [-0.4, -0.2) is 46.2 Å². The van der Waals surface area contributed by atoms with Gasteiger partial charge in [-0.1, -0.05) is 6.07 Å². The van der Waals surface area contributed by atoms with E-state index in [0.717, 1.165) is 11.3 Å². The molecule has 1 aromatic carbocycles. The van der Waals surface area contributed by atoms with E-state index in [-0.39, 0.29) is 5.82 Å². The van der Waals surface area contributed by atoms with E-state index in [0.29, 0.717) is 38.3 Å². The summed E-state index contributed by atoms with van der Waals surface area (Å²) in [4.78, 5) is 17.8. The first kappa shape index (κ1) is 14.9. The average molecular weight is 306 g/mol. The van der Waals surface area contributed by atoms with Crippen LogP contribution in [0.2, 0.25) is 0 Å². The van der Waals surface area contributed by atoms with Crippen LogP contribution in [0.3, 0.4) is 0 Å². The number of halogens is 1. The molecule has 1 atom stereocenters. The molecule has 0 radical (unpaired) electrons. The van der Waals surface area contributed by atoms with E-state index in [2.05, 4.69) is 9.88 Å². The second kappa shape index (κ2) is 6.02. The van der Waals surface area contributed by atoms with Crippen LogP contribution in [0.15, 0.2) is 18.2 Å². The first-order valence-electron chi connectivity index (χ1n) is 7.37. The predicted octanol–water partition coefficient (Wildman–Crippen LogP) is 0.881. The van der Waals surface area contributed by atoms with E-state index >= 15 is 0 Å². The second-order valence-corrected chi connectivity index (χ2v) is 5.38. The first-order valence-corrected chi connectivity index (χ1v) is 7.37. The maximum atomic E-state index is 13.9. The van der Waals surface area contributed by atoms with Crippen LogP contribution in [0.25, 0.3) is 11.0 Å². The van der Waals surface area contributed by atoms with Gasteiger partial charge < -0.3 is 15.0 Å². The number of amides is 1. The van der Waals surface area contributed by atoms with Gasteiger partial charge >= 0.3 is 0 Å². The summed E-state index contributed by atoms with van der Waals surface area (Å²) in [7, 11) is 0. The van der Waals surface area contributed by atoms with Crippen LogP contribution >= 0.6 is 0 Å². The number of carbonyl (C=O) groups is 1. The molecule has 1 aliphatic rings. The van der Waals surface area contributed by atoms with Crippen LogP contribution in [0.1, 0.15) is 12.7 Å². The largest absolute Gasteiger partial charge is 0.367 e. The highest BCUT2D eigenvalue weighted by molar-refractivity contribution is 5.79. The van der Waals surface area contributed by atoms with Gasteiger partial charge in [0, 0.05) is 19.6 Å². The van der Waals surface area contributed by atoms with Crippen LogP contribution in [0, 0.1) is 5.82 Å². The molecule has 1 fully saturated rings. The number of aromatic nitrogens is 2. The molecule has 1 amide bonds. The zero-order valence-electron chi connectivity index (χ0n) is 12.5. The van der Waals surface area contributed by atoms with Crippen LogP contribution < -0.4 is 5.73 Å². The minimum absolute atomic E-state index is 0.317. The van der Waals surface area contributed by atoms with Gasteiger partial charge in [0.05, 0.1) is 18.7 Å². The van der Waals surface area contributed by atoms with E-state index < -0.39 is 12.0 Å². The Hall–Kier alpha value is -1.99. The number of benzene rings is 1. The van der Waals surface area contributed by atoms with Crippen LogP contribution in [0.4, 0.5) is 4.39 Å². The highest BCUT2D eigenvalue weighted by Gasteiger charge is 2.26. The number of imidazole rings is 1. The summed E-state index contributed by atoms with van der Waals surface area (Å²) >= 11 is 0. The monoisotopic (exact) mass is 306 g/mol. The fourth-order valence-electron chi connectivity index (χ4n) is 2.85. The molecule has 1 saturated heterocycles. The molecule has 3 rings (SSSR count). The van der Waals surface area contributed by atoms with Crippen molar-refractivity contribution in [1.82, 2.24) is 14.5 Å². The molecule has 7 heteroatoms. The van der Waals surface area contributed by atoms with Gasteiger partial charge in [0.25, 0.3) is 0 Å². The predicted molar refractivity (Wildman–Crippen MR) is 79.6 cm³/mol. The molecule has 6 nitrogen and oxygen atoms in total. The van der Waals surface area contributed by atoms with Crippen molar-refractivity contribution in [3.63, 3.8) is 0 Å². The standard InChI is InChI=1S/C15H19FN4O2/c1-2-20-11-5-3-4-10(16)14(11)18-13(20)9-19-6-7-22-12(8-19)15(17)21/h3-5,12H,2,6-9H2,1H3,(H2,17,21)/t12-/m1/s1. The Kier molecular flexibility index (Phi) is 4.08. The molecule has 22 heavy (non-hydrogen) atoms. The molecule has 2 heterocycles. The van der Waals surface area contributed by atoms with Crippen molar-refractivity contribution >= 4 is 16.9 Å². The molecule has 2 aromatic rings. The Morgan fingerprint density at radius 3 is 3.09 bits per heavy atom. The Bertz CT molecular complexity index is 700. The van der Waals surface area contributed by atoms with Crippen molar-refractivity contribution < 1.29 is 13.9 Å². The van der Waals surface area contributed by atoms with Gasteiger partial charge in [0.2, 0.25) is 5.91 Å². The molecular weight excluding hydrogens is 287 g/mol. The maximum Gasteiger partial charge on any atom is 0.247 e. The number of fused-ring (bicyclic) bond motifs is 1. The van der Waals surface area contributed by atoms with Gasteiger partial charge in [-0.05, 0) is 19.1 Å². The molecule has 2 N–H and O–H groups in total. The van der Waals surface area contributed by atoms with Crippen molar-refractivity contribution in [3.8, 4) is 0 Å². The maximum absolute atomic E-state index is 13.9. The normalized spacial score (nSPS) is 19.6. The summed E-state index contributed by atoms with van der Waals surface area (Å²) in [6, 6.07) is 4.97. The Morgan fingerprint density at radius 1 is 1.55 bits per heavy atom. The summed E-state index contributed by atoms with van der Waals surface area (Å²) in [5.41, 5.74) is 6.48. The minimum Gasteiger partial charge on any atom is -0.367 e. The van der Waals surface area contributed by atoms with Crippen molar-refractivity contribution in [2.24, 2.45) is 5.73 Å². The molecular formula is C15H19FN4O2. The van der Waals surface area contributed by atoms with E-state index in [9.17, 15) is 9.18 Å². The van der Waals surface area contributed by atoms with Crippen molar-refractivity contribution in [2.75, 3.05) is 19.7 Å². The summed E-state index contributed by atoms with van der Waals surface area (Å²) < 4.78 is 21.2. The van der Waals surface area contributed by atoms with Crippen molar-refractivity contribution in [2.45, 2.75) is 26.1 Å². The SMILES string of the molecule is CCn1c(CN2CCO[C@@H](C(N)=O)C2)nc2c(F)cccc21. The number of morpholine rings is 1. The average Bonchev–Trinajstić information content (AvgIpc) is 2.86. The number of hydrogen-bond donors (Lipinski definition) is 1. The van der Waals surface area contributed by atoms with Crippen molar-refractivity contribution in [1.29, 1.82) is 0 Å². The minimum atomic E-state index is -0.593. The number of aryl methyl sites for hydroxylation is 1. The first-order chi connectivity index (χ1) is 10.6. The molecule has 0 aliphatic carbocycles. The summed E-state index contributed by atoms with van der Waals surface area (Å²) in [5, 5.41) is 0.